The van der Waals surface area contributed by atoms with E-state index in [0.717, 1.165) is 44.6 Å². The van der Waals surface area contributed by atoms with Crippen LogP contribution in [0.1, 0.15) is 74.9 Å². The predicted octanol–water partition coefficient (Wildman–Crippen LogP) is 37.1. The number of hydrogen-bond donors (Lipinski definition) is 0. The molecular weight excluding hydrogens is 1790 g/mol. The van der Waals surface area contributed by atoms with Gasteiger partial charge in [-0.1, -0.05) is 369 Å². The number of para-hydroxylation sites is 5. The van der Waals surface area contributed by atoms with Gasteiger partial charge in [-0.15, -0.1) is 0 Å². The summed E-state index contributed by atoms with van der Waals surface area (Å²) < 4.78 is 12.2. The van der Waals surface area contributed by atoms with Crippen molar-refractivity contribution in [3.8, 4) is 73.3 Å². The molecule has 0 aliphatic heterocycles. The number of nitrogens with zero attached hydrogens (tertiary/aromatic N) is 7. The van der Waals surface area contributed by atoms with E-state index in [1.54, 1.807) is 0 Å². The average Bonchev–Trinajstić information content (AvgIpc) is 1.48. The lowest BCUT2D eigenvalue weighted by Gasteiger charge is -2.35. The molecule has 6 aromatic heterocycles. The van der Waals surface area contributed by atoms with Gasteiger partial charge in [-0.25, -0.2) is 9.97 Å². The molecule has 0 unspecified atom stereocenters. The second-order valence-corrected chi connectivity index (χ2v) is 42.5. The van der Waals surface area contributed by atoms with Crippen molar-refractivity contribution in [1.82, 2.24) is 32.8 Å². The number of aromatic nitrogens is 7. The summed E-state index contributed by atoms with van der Waals surface area (Å²) >= 11 is 0. The highest BCUT2D eigenvalue weighted by atomic mass is 15.2. The van der Waals surface area contributed by atoms with Crippen molar-refractivity contribution in [3.63, 3.8) is 0 Å². The van der Waals surface area contributed by atoms with Crippen molar-refractivity contribution < 1.29 is 0 Å². The summed E-state index contributed by atoms with van der Waals surface area (Å²) in [5, 5.41) is 31.4. The van der Waals surface area contributed by atoms with Crippen LogP contribution in [0.4, 0.5) is 0 Å². The number of hydrogen-bond acceptors (Lipinski definition) is 2. The van der Waals surface area contributed by atoms with Crippen molar-refractivity contribution in [1.29, 1.82) is 0 Å². The third-order valence-electron chi connectivity index (χ3n) is 33.6. The fourth-order valence-electron chi connectivity index (χ4n) is 26.8. The zero-order valence-electron chi connectivity index (χ0n) is 82.6. The molecule has 0 saturated heterocycles. The van der Waals surface area contributed by atoms with E-state index in [1.165, 1.54) is 252 Å². The Morgan fingerprint density at radius 1 is 0.176 bits per heavy atom. The van der Waals surface area contributed by atoms with E-state index in [2.05, 4.69) is 531 Å². The minimum absolute atomic E-state index is 0.105. The van der Waals surface area contributed by atoms with Crippen molar-refractivity contribution >= 4 is 195 Å². The Hall–Kier alpha value is -18.6. The molecule has 7 nitrogen and oxygen atoms in total. The quantitative estimate of drug-likeness (QED) is 0.167. The predicted molar refractivity (Wildman–Crippen MR) is 625 cm³/mol. The molecule has 148 heavy (non-hydrogen) atoms. The molecule has 0 N–H and O–H groups in total. The summed E-state index contributed by atoms with van der Waals surface area (Å²) in [6.07, 6.45) is 0. The van der Waals surface area contributed by atoms with Crippen LogP contribution < -0.4 is 0 Å². The molecule has 30 aromatic rings. The third kappa shape index (κ3) is 12.0. The Morgan fingerprint density at radius 3 is 0.932 bits per heavy atom. The summed E-state index contributed by atoms with van der Waals surface area (Å²) in [5.74, 6) is 0.678. The Kier molecular flexibility index (Phi) is 17.7. The van der Waals surface area contributed by atoms with Gasteiger partial charge in [0.15, 0.2) is 0 Å². The monoisotopic (exact) mass is 1890 g/mol. The summed E-state index contributed by atoms with van der Waals surface area (Å²) in [6.45, 7) is 14.2. The lowest BCUT2D eigenvalue weighted by atomic mass is 9.68. The van der Waals surface area contributed by atoms with Crippen molar-refractivity contribution in [2.45, 2.75) is 57.8 Å². The molecule has 3 aliphatic carbocycles. The highest BCUT2D eigenvalue weighted by Crippen LogP contribution is 2.59. The van der Waals surface area contributed by atoms with Crippen LogP contribution in [0.25, 0.3) is 269 Å². The molecule has 0 radical (unpaired) electrons. The Morgan fingerprint density at radius 2 is 0.480 bits per heavy atom. The highest BCUT2D eigenvalue weighted by molar-refractivity contribution is 6.29. The Bertz CT molecular complexity index is 11000. The maximum Gasteiger partial charge on any atom is 0.235 e. The molecule has 0 amide bonds. The minimum atomic E-state index is -0.148. The Labute approximate surface area is 853 Å². The maximum atomic E-state index is 5.53. The van der Waals surface area contributed by atoms with Crippen LogP contribution in [-0.2, 0) is 16.2 Å². The van der Waals surface area contributed by atoms with Crippen molar-refractivity contribution in [2.75, 3.05) is 0 Å². The second-order valence-electron chi connectivity index (χ2n) is 42.5. The minimum Gasteiger partial charge on any atom is -0.309 e. The molecule has 3 aliphatic rings. The first kappa shape index (κ1) is 84.0. The largest absolute Gasteiger partial charge is 0.309 e. The maximum absolute atomic E-state index is 5.53. The fraction of sp³-hybridized carbons (Fsp3) is 0.0638. The first-order valence-corrected chi connectivity index (χ1v) is 51.7. The zero-order chi connectivity index (χ0) is 98.0. The van der Waals surface area contributed by atoms with Gasteiger partial charge in [0.25, 0.3) is 0 Å². The van der Waals surface area contributed by atoms with Crippen LogP contribution in [-0.4, -0.2) is 32.8 Å². The summed E-state index contributed by atoms with van der Waals surface area (Å²) in [5.41, 5.74) is 35.5. The van der Waals surface area contributed by atoms with Gasteiger partial charge in [0.1, 0.15) is 0 Å². The first-order valence-electron chi connectivity index (χ1n) is 51.7. The third-order valence-corrected chi connectivity index (χ3v) is 33.6. The van der Waals surface area contributed by atoms with E-state index >= 15 is 0 Å². The van der Waals surface area contributed by atoms with Crippen LogP contribution in [0.3, 0.4) is 0 Å². The lowest BCUT2D eigenvalue weighted by Crippen LogP contribution is -2.23. The van der Waals surface area contributed by atoms with Gasteiger partial charge in [0.05, 0.1) is 66.4 Å². The summed E-state index contributed by atoms with van der Waals surface area (Å²) in [6, 6.07) is 172. The van der Waals surface area contributed by atoms with E-state index in [4.69, 9.17) is 9.97 Å². The van der Waals surface area contributed by atoms with Gasteiger partial charge in [-0.05, 0) is 265 Å². The Balaban J connectivity index is 0.000000100. The SMILES string of the molecule is CC1(C)c2ccccc2-c2c3c1cccc3cc1c3cc4ccccc4cc3n(-c3ccc(-n4c5ccccc5c5ccccc54)cc3)c21.CC1(C)c2ccccc2-c2c3c1cccc3cc1c3cc4ccccc4cc3n(-c3ccc4c(c3)c3ccccc3n4-c3ccccc3)c21.CC1(C)c2ccccc2-c2c3c1cccc3cc1c3cc4ccccc4cc3n(-c3nc(-c4ccc5ccccc5c4)c4ccccc4n3)c21. The van der Waals surface area contributed by atoms with E-state index in [1.807, 2.05) is 0 Å². The average molecular weight is 1890 g/mol. The van der Waals surface area contributed by atoms with E-state index in [9.17, 15) is 0 Å². The molecule has 694 valence electrons. The van der Waals surface area contributed by atoms with E-state index in [0.29, 0.717) is 5.95 Å². The molecule has 6 heterocycles. The van der Waals surface area contributed by atoms with Crippen LogP contribution in [0.2, 0.25) is 0 Å². The smallest absolute Gasteiger partial charge is 0.235 e. The van der Waals surface area contributed by atoms with Gasteiger partial charge in [-0.2, -0.15) is 0 Å². The molecule has 0 fully saturated rings. The van der Waals surface area contributed by atoms with Crippen LogP contribution in [0.15, 0.2) is 467 Å². The van der Waals surface area contributed by atoms with Gasteiger partial charge >= 0.3 is 0 Å². The normalized spacial score (nSPS) is 13.6. The molecular formula is C141H95N7. The van der Waals surface area contributed by atoms with Crippen molar-refractivity contribution in [3.05, 3.63) is 500 Å². The lowest BCUT2D eigenvalue weighted by molar-refractivity contribution is 0.645. The van der Waals surface area contributed by atoms with Crippen LogP contribution in [0.5, 0.6) is 0 Å². The second kappa shape index (κ2) is 31.2. The standard InChI is InChI=1S/C47H31N3.2C47H32N2/c1-47(2)38-19-9-7-17-34(38)43-42-32(16-11-20-39(42)47)26-37-36-25-30-14-5-6-15-31(30)27-41(36)50(45(37)43)46-48-40-21-10-8-18-35(40)44(49-46)33-23-22-28-12-3-4-13-29(28)24-33;1-47(2)39-18-8-5-17-36(39)45-44-31(14-11-19-40(44)47)27-38-37-26-29-12-3-4-13-30(29)28-43(37)49(46(38)45)33-24-22-32(23-25-33)48-41-20-9-6-15-34(41)35-16-7-10-21-42(35)48;1-47(2)39-20-10-8-19-35(39)45-44-31(15-12-21-40(44)47)26-38-36-25-29-13-6-7-14-30(29)27-43(36)49(46(38)45)33-23-24-42-37(28-33)34-18-9-11-22-41(34)48(42)32-16-4-3-5-17-32/h3-27H,1-2H3;2*3-28H,1-2H3. The zero-order valence-corrected chi connectivity index (χ0v) is 82.6. The molecule has 0 atom stereocenters. The van der Waals surface area contributed by atoms with Crippen molar-refractivity contribution in [2.24, 2.45) is 0 Å². The van der Waals surface area contributed by atoms with Gasteiger partial charge in [0.2, 0.25) is 5.95 Å². The highest BCUT2D eigenvalue weighted by Gasteiger charge is 2.41. The fourth-order valence-corrected chi connectivity index (χ4v) is 26.8. The van der Waals surface area contributed by atoms with Gasteiger partial charge < -0.3 is 18.3 Å². The molecule has 33 rings (SSSR count). The summed E-state index contributed by atoms with van der Waals surface area (Å²) in [4.78, 5) is 10.9. The number of fused-ring (bicyclic) bond motifs is 29. The molecule has 7 heteroatoms. The van der Waals surface area contributed by atoms with Gasteiger partial charge in [-0.3, -0.25) is 4.57 Å². The first-order chi connectivity index (χ1) is 72.7. The molecule has 0 saturated carbocycles. The topological polar surface area (TPSA) is 50.4 Å². The molecule has 0 spiro atoms. The number of benzene rings is 24. The molecule has 0 bridgehead atoms. The van der Waals surface area contributed by atoms with E-state index < -0.39 is 0 Å². The van der Waals surface area contributed by atoms with Crippen LogP contribution >= 0.6 is 0 Å². The van der Waals surface area contributed by atoms with Crippen LogP contribution in [0, 0.1) is 0 Å². The van der Waals surface area contributed by atoms with E-state index in [-0.39, 0.29) is 16.2 Å². The summed E-state index contributed by atoms with van der Waals surface area (Å²) in [7, 11) is 0. The number of rotatable bonds is 6. The molecule has 24 aromatic carbocycles. The van der Waals surface area contributed by atoms with Gasteiger partial charge in [0, 0.05) is 120 Å².